The van der Waals surface area contributed by atoms with Crippen molar-refractivity contribution in [2.24, 2.45) is 0 Å². The maximum atomic E-state index is 6.53. The van der Waals surface area contributed by atoms with Gasteiger partial charge in [-0.25, -0.2) is 0 Å². The summed E-state index contributed by atoms with van der Waals surface area (Å²) in [6.07, 6.45) is 0. The van der Waals surface area contributed by atoms with Crippen LogP contribution in [0.1, 0.15) is 0 Å². The van der Waals surface area contributed by atoms with Crippen molar-refractivity contribution in [2.75, 3.05) is 4.90 Å². The molecule has 3 heteroatoms. The van der Waals surface area contributed by atoms with Gasteiger partial charge in [0, 0.05) is 54.1 Å². The topological polar surface area (TPSA) is 16.4 Å². The van der Waals surface area contributed by atoms with Crippen LogP contribution in [0.15, 0.2) is 180 Å². The van der Waals surface area contributed by atoms with Crippen molar-refractivity contribution < 1.29 is 4.42 Å². The molecule has 2 aromatic heterocycles. The molecule has 0 fully saturated rings. The van der Waals surface area contributed by atoms with Gasteiger partial charge in [0.2, 0.25) is 0 Å². The number of rotatable bonds is 5. The molecule has 49 heavy (non-hydrogen) atoms. The average Bonchev–Trinajstić information content (AvgIpc) is 3.74. The van der Waals surface area contributed by atoms with E-state index in [0.29, 0.717) is 0 Å². The Bertz CT molecular complexity index is 2830. The van der Waals surface area contributed by atoms with E-state index in [2.05, 4.69) is 181 Å². The summed E-state index contributed by atoms with van der Waals surface area (Å²) in [6, 6.07) is 63.1. The molecule has 0 unspecified atom stereocenters. The second-order valence-corrected chi connectivity index (χ2v) is 13.6. The van der Waals surface area contributed by atoms with E-state index in [1.54, 1.807) is 0 Å². The van der Waals surface area contributed by atoms with Crippen molar-refractivity contribution in [2.45, 2.75) is 0 Å². The molecule has 0 aliphatic carbocycles. The highest BCUT2D eigenvalue weighted by Gasteiger charge is 2.18. The summed E-state index contributed by atoms with van der Waals surface area (Å²) in [4.78, 5) is 2.33. The molecule has 10 aromatic rings. The smallest absolute Gasteiger partial charge is 0.137 e. The number of anilines is 3. The van der Waals surface area contributed by atoms with Gasteiger partial charge in [-0.1, -0.05) is 121 Å². The molecule has 0 atom stereocenters. The molecule has 8 aromatic carbocycles. The second-order valence-electron chi connectivity index (χ2n) is 12.5. The predicted molar refractivity (Wildman–Crippen MR) is 210 cm³/mol. The summed E-state index contributed by atoms with van der Waals surface area (Å²) in [6.45, 7) is 0. The van der Waals surface area contributed by atoms with Crippen molar-refractivity contribution in [3.63, 3.8) is 0 Å². The highest BCUT2D eigenvalue weighted by Crippen LogP contribution is 2.43. The Hall–Kier alpha value is -6.16. The maximum absolute atomic E-state index is 6.53. The number of hydrogen-bond donors (Lipinski definition) is 0. The van der Waals surface area contributed by atoms with Crippen LogP contribution >= 0.6 is 11.3 Å². The first kappa shape index (κ1) is 27.9. The van der Waals surface area contributed by atoms with Crippen LogP contribution in [0.5, 0.6) is 0 Å². The number of hydrogen-bond acceptors (Lipinski definition) is 3. The molecule has 2 heterocycles. The van der Waals surface area contributed by atoms with Gasteiger partial charge in [0.15, 0.2) is 0 Å². The van der Waals surface area contributed by atoms with E-state index >= 15 is 0 Å². The summed E-state index contributed by atoms with van der Waals surface area (Å²) in [5.74, 6) is 0. The molecule has 0 saturated heterocycles. The third kappa shape index (κ3) is 4.62. The molecule has 0 aliphatic rings. The van der Waals surface area contributed by atoms with Gasteiger partial charge in [-0.05, 0) is 81.6 Å². The molecule has 10 rings (SSSR count). The Kier molecular flexibility index (Phi) is 6.39. The average molecular weight is 644 g/mol. The Morgan fingerprint density at radius 1 is 0.408 bits per heavy atom. The van der Waals surface area contributed by atoms with Gasteiger partial charge in [-0.2, -0.15) is 0 Å². The fourth-order valence-electron chi connectivity index (χ4n) is 7.34. The Labute approximate surface area is 287 Å². The molecule has 0 N–H and O–H groups in total. The molecule has 230 valence electrons. The molecule has 0 aliphatic heterocycles. The van der Waals surface area contributed by atoms with Gasteiger partial charge in [0.1, 0.15) is 11.2 Å². The normalized spacial score (nSPS) is 11.7. The van der Waals surface area contributed by atoms with Crippen LogP contribution in [0.4, 0.5) is 17.1 Å². The minimum atomic E-state index is 0.876. The first-order chi connectivity index (χ1) is 24.3. The number of furan rings is 1. The van der Waals surface area contributed by atoms with E-state index in [1.807, 2.05) is 11.3 Å². The summed E-state index contributed by atoms with van der Waals surface area (Å²) in [5, 5.41) is 7.35. The highest BCUT2D eigenvalue weighted by molar-refractivity contribution is 7.26. The molecule has 0 spiro atoms. The molecule has 0 bridgehead atoms. The number of nitrogens with zero attached hydrogens (tertiary/aromatic N) is 1. The predicted octanol–water partition coefficient (Wildman–Crippen LogP) is 13.9. The molecule has 2 nitrogen and oxygen atoms in total. The number of thiophene rings is 1. The van der Waals surface area contributed by atoms with Crippen molar-refractivity contribution in [3.05, 3.63) is 176 Å². The minimum Gasteiger partial charge on any atom is -0.456 e. The standard InChI is InChI=1S/C46H29NOS/c1-2-10-30(11-3-1)33-13-8-14-35(28-33)47(36-25-26-41-43(29-36)48-42-27-22-31-12-4-5-15-37(31)45(41)42)34-23-20-32(21-24-34)38-17-9-18-40-39-16-6-7-19-44(39)49-46(38)40/h1-29H. The molecule has 0 saturated carbocycles. The largest absolute Gasteiger partial charge is 0.456 e. The SMILES string of the molecule is c1ccc(-c2cccc(N(c3ccc(-c4cccc5c4sc4ccccc45)cc3)c3ccc4c(c3)oc3ccc5ccccc5c34)c2)cc1. The lowest BCUT2D eigenvalue weighted by Gasteiger charge is -2.26. The van der Waals surface area contributed by atoms with Gasteiger partial charge in [0.05, 0.1) is 0 Å². The molecular formula is C46H29NOS. The summed E-state index contributed by atoms with van der Waals surface area (Å²) in [7, 11) is 0. The van der Waals surface area contributed by atoms with Crippen LogP contribution in [0.2, 0.25) is 0 Å². The lowest BCUT2D eigenvalue weighted by atomic mass is 10.0. The highest BCUT2D eigenvalue weighted by atomic mass is 32.1. The van der Waals surface area contributed by atoms with Crippen LogP contribution in [0.25, 0.3) is 75.1 Å². The van der Waals surface area contributed by atoms with Crippen LogP contribution in [-0.2, 0) is 0 Å². The summed E-state index contributed by atoms with van der Waals surface area (Å²) < 4.78 is 9.18. The molecule has 0 amide bonds. The Morgan fingerprint density at radius 2 is 1.12 bits per heavy atom. The van der Waals surface area contributed by atoms with Crippen molar-refractivity contribution in [1.29, 1.82) is 0 Å². The van der Waals surface area contributed by atoms with E-state index in [4.69, 9.17) is 4.42 Å². The zero-order chi connectivity index (χ0) is 32.3. The van der Waals surface area contributed by atoms with Gasteiger partial charge in [-0.15, -0.1) is 11.3 Å². The van der Waals surface area contributed by atoms with Crippen LogP contribution < -0.4 is 4.90 Å². The zero-order valence-corrected chi connectivity index (χ0v) is 27.3. The van der Waals surface area contributed by atoms with Crippen molar-refractivity contribution in [3.8, 4) is 22.3 Å². The second kappa shape index (κ2) is 11.2. The van der Waals surface area contributed by atoms with Crippen LogP contribution in [0.3, 0.4) is 0 Å². The number of benzene rings is 8. The van der Waals surface area contributed by atoms with Crippen molar-refractivity contribution in [1.82, 2.24) is 0 Å². The third-order valence-electron chi connectivity index (χ3n) is 9.66. The van der Waals surface area contributed by atoms with Gasteiger partial charge in [0.25, 0.3) is 0 Å². The first-order valence-electron chi connectivity index (χ1n) is 16.6. The lowest BCUT2D eigenvalue weighted by Crippen LogP contribution is -2.10. The van der Waals surface area contributed by atoms with E-state index in [-0.39, 0.29) is 0 Å². The fourth-order valence-corrected chi connectivity index (χ4v) is 8.58. The van der Waals surface area contributed by atoms with Crippen LogP contribution in [0, 0.1) is 0 Å². The van der Waals surface area contributed by atoms with E-state index in [1.165, 1.54) is 53.2 Å². The van der Waals surface area contributed by atoms with Crippen molar-refractivity contribution >= 4 is 81.3 Å². The maximum Gasteiger partial charge on any atom is 0.137 e. The van der Waals surface area contributed by atoms with E-state index < -0.39 is 0 Å². The third-order valence-corrected chi connectivity index (χ3v) is 10.9. The zero-order valence-electron chi connectivity index (χ0n) is 26.5. The van der Waals surface area contributed by atoms with E-state index in [0.717, 1.165) is 39.0 Å². The quantitative estimate of drug-likeness (QED) is 0.186. The van der Waals surface area contributed by atoms with Gasteiger partial charge >= 0.3 is 0 Å². The lowest BCUT2D eigenvalue weighted by molar-refractivity contribution is 0.669. The van der Waals surface area contributed by atoms with Gasteiger partial charge < -0.3 is 9.32 Å². The number of fused-ring (bicyclic) bond motifs is 8. The minimum absolute atomic E-state index is 0.876. The van der Waals surface area contributed by atoms with E-state index in [9.17, 15) is 0 Å². The van der Waals surface area contributed by atoms with Gasteiger partial charge in [-0.3, -0.25) is 0 Å². The molecular weight excluding hydrogens is 615 g/mol. The monoisotopic (exact) mass is 643 g/mol. The van der Waals surface area contributed by atoms with Crippen LogP contribution in [-0.4, -0.2) is 0 Å². The fraction of sp³-hybridized carbons (Fsp3) is 0. The summed E-state index contributed by atoms with van der Waals surface area (Å²) >= 11 is 1.87. The molecule has 0 radical (unpaired) electrons. The Morgan fingerprint density at radius 3 is 2.02 bits per heavy atom. The summed E-state index contributed by atoms with van der Waals surface area (Å²) in [5.41, 5.74) is 9.82. The first-order valence-corrected chi connectivity index (χ1v) is 17.4. The Balaban J connectivity index is 1.13.